The largest absolute Gasteiger partial charge is 0.474 e. The Morgan fingerprint density at radius 2 is 1.83 bits per heavy atom. The average Bonchev–Trinajstić information content (AvgIpc) is 2.45. The van der Waals surface area contributed by atoms with Gasteiger partial charge in [0.15, 0.2) is 5.60 Å². The second-order valence-electron chi connectivity index (χ2n) is 6.61. The first-order chi connectivity index (χ1) is 11.2. The van der Waals surface area contributed by atoms with E-state index in [1.807, 2.05) is 19.9 Å². The van der Waals surface area contributed by atoms with Crippen LogP contribution in [0, 0.1) is 13.8 Å². The second-order valence-corrected chi connectivity index (χ2v) is 6.61. The van der Waals surface area contributed by atoms with E-state index in [0.717, 1.165) is 5.69 Å². The fourth-order valence-corrected chi connectivity index (χ4v) is 2.87. The van der Waals surface area contributed by atoms with E-state index in [-0.39, 0.29) is 12.0 Å². The van der Waals surface area contributed by atoms with Crippen molar-refractivity contribution in [2.75, 3.05) is 13.1 Å². The van der Waals surface area contributed by atoms with Crippen molar-refractivity contribution in [1.29, 1.82) is 0 Å². The summed E-state index contributed by atoms with van der Waals surface area (Å²) in [5.41, 5.74) is -0.270. The molecule has 1 aliphatic rings. The van der Waals surface area contributed by atoms with Crippen molar-refractivity contribution in [3.8, 4) is 5.88 Å². The molecule has 0 unspecified atom stereocenters. The van der Waals surface area contributed by atoms with Gasteiger partial charge in [-0.25, -0.2) is 4.98 Å². The van der Waals surface area contributed by atoms with Crippen LogP contribution in [0.15, 0.2) is 6.07 Å². The highest BCUT2D eigenvalue weighted by atomic mass is 16.6. The van der Waals surface area contributed by atoms with E-state index in [1.54, 1.807) is 18.7 Å². The van der Waals surface area contributed by atoms with Crippen LogP contribution in [0.5, 0.6) is 5.88 Å². The quantitative estimate of drug-likeness (QED) is 0.781. The van der Waals surface area contributed by atoms with E-state index in [4.69, 9.17) is 9.47 Å². The van der Waals surface area contributed by atoms with Gasteiger partial charge in [-0.3, -0.25) is 9.59 Å². The maximum Gasteiger partial charge on any atom is 0.303 e. The molecule has 0 atom stereocenters. The Balaban J connectivity index is 1.91. The van der Waals surface area contributed by atoms with Gasteiger partial charge in [0.2, 0.25) is 5.88 Å². The zero-order valence-corrected chi connectivity index (χ0v) is 15.0. The number of likely N-dealkylation sites (tertiary alicyclic amines) is 1. The van der Waals surface area contributed by atoms with Crippen LogP contribution in [-0.4, -0.2) is 51.5 Å². The van der Waals surface area contributed by atoms with E-state index in [2.05, 4.69) is 9.97 Å². The second kappa shape index (κ2) is 7.15. The summed E-state index contributed by atoms with van der Waals surface area (Å²) in [6.07, 6.45) is 1.44. The van der Waals surface area contributed by atoms with Crippen LogP contribution < -0.4 is 4.74 Å². The van der Waals surface area contributed by atoms with Crippen molar-refractivity contribution in [1.82, 2.24) is 14.9 Å². The minimum Gasteiger partial charge on any atom is -0.474 e. The van der Waals surface area contributed by atoms with E-state index in [0.29, 0.717) is 37.6 Å². The molecule has 0 radical (unpaired) electrons. The van der Waals surface area contributed by atoms with Crippen molar-refractivity contribution < 1.29 is 19.1 Å². The molecule has 1 aliphatic heterocycles. The Hall–Kier alpha value is -2.18. The molecule has 132 valence electrons. The third kappa shape index (κ3) is 4.66. The first-order valence-electron chi connectivity index (χ1n) is 8.15. The highest BCUT2D eigenvalue weighted by Crippen LogP contribution is 2.21. The molecule has 2 rings (SSSR count). The lowest BCUT2D eigenvalue weighted by Gasteiger charge is -2.36. The monoisotopic (exact) mass is 335 g/mol. The smallest absolute Gasteiger partial charge is 0.303 e. The van der Waals surface area contributed by atoms with Crippen LogP contribution >= 0.6 is 0 Å². The molecule has 0 spiro atoms. The van der Waals surface area contributed by atoms with Gasteiger partial charge in [-0.05, 0) is 27.7 Å². The standard InChI is InChI=1S/C17H25N3O4/c1-11-10-15(19-12(2)18-11)23-14-6-8-20(9-7-14)16(22)17(4,5)24-13(3)21/h10,14H,6-9H2,1-5H3. The summed E-state index contributed by atoms with van der Waals surface area (Å²) in [6.45, 7) is 9.41. The van der Waals surface area contributed by atoms with Gasteiger partial charge in [0.25, 0.3) is 5.91 Å². The molecule has 7 heteroatoms. The highest BCUT2D eigenvalue weighted by Gasteiger charge is 2.37. The zero-order chi connectivity index (χ0) is 17.9. The molecule has 1 aromatic heterocycles. The van der Waals surface area contributed by atoms with Crippen LogP contribution in [0.2, 0.25) is 0 Å². The molecule has 1 fully saturated rings. The molecule has 0 aromatic carbocycles. The number of carbonyl (C=O) groups excluding carboxylic acids is 2. The van der Waals surface area contributed by atoms with Crippen molar-refractivity contribution in [2.24, 2.45) is 0 Å². The molecule has 0 bridgehead atoms. The molecule has 0 aliphatic carbocycles. The SMILES string of the molecule is CC(=O)OC(C)(C)C(=O)N1CCC(Oc2cc(C)nc(C)n2)CC1. The van der Waals surface area contributed by atoms with E-state index in [1.165, 1.54) is 6.92 Å². The lowest BCUT2D eigenvalue weighted by Crippen LogP contribution is -2.51. The van der Waals surface area contributed by atoms with Gasteiger partial charge in [0, 0.05) is 44.6 Å². The number of carbonyl (C=O) groups is 2. The van der Waals surface area contributed by atoms with Crippen LogP contribution in [0.3, 0.4) is 0 Å². The zero-order valence-electron chi connectivity index (χ0n) is 15.0. The maximum absolute atomic E-state index is 12.5. The fraction of sp³-hybridized carbons (Fsp3) is 0.647. The number of piperidine rings is 1. The predicted molar refractivity (Wildman–Crippen MR) is 87.6 cm³/mol. The number of aromatic nitrogens is 2. The molecule has 1 amide bonds. The number of esters is 1. The number of hydrogen-bond donors (Lipinski definition) is 0. The number of nitrogens with zero attached hydrogens (tertiary/aromatic N) is 3. The number of aryl methyl sites for hydroxylation is 2. The lowest BCUT2D eigenvalue weighted by atomic mass is 10.0. The molecular formula is C17H25N3O4. The highest BCUT2D eigenvalue weighted by molar-refractivity contribution is 5.86. The Morgan fingerprint density at radius 3 is 2.38 bits per heavy atom. The number of ether oxygens (including phenoxy) is 2. The maximum atomic E-state index is 12.5. The summed E-state index contributed by atoms with van der Waals surface area (Å²) in [7, 11) is 0. The van der Waals surface area contributed by atoms with Gasteiger partial charge >= 0.3 is 5.97 Å². The first kappa shape index (κ1) is 18.2. The van der Waals surface area contributed by atoms with Gasteiger partial charge < -0.3 is 14.4 Å². The Bertz CT molecular complexity index is 602. The Kier molecular flexibility index (Phi) is 5.41. The van der Waals surface area contributed by atoms with Crippen molar-refractivity contribution in [2.45, 2.75) is 59.2 Å². The number of amides is 1. The fourth-order valence-electron chi connectivity index (χ4n) is 2.87. The summed E-state index contributed by atoms with van der Waals surface area (Å²) >= 11 is 0. The van der Waals surface area contributed by atoms with Crippen molar-refractivity contribution >= 4 is 11.9 Å². The van der Waals surface area contributed by atoms with Crippen molar-refractivity contribution in [3.05, 3.63) is 17.6 Å². The minimum atomic E-state index is -1.14. The number of rotatable bonds is 4. The molecule has 0 N–H and O–H groups in total. The van der Waals surface area contributed by atoms with Gasteiger partial charge in [-0.2, -0.15) is 4.98 Å². The molecule has 1 saturated heterocycles. The summed E-state index contributed by atoms with van der Waals surface area (Å²) in [5, 5.41) is 0. The molecular weight excluding hydrogens is 310 g/mol. The van der Waals surface area contributed by atoms with Gasteiger partial charge in [-0.15, -0.1) is 0 Å². The van der Waals surface area contributed by atoms with Gasteiger partial charge in [0.05, 0.1) is 0 Å². The van der Waals surface area contributed by atoms with Crippen LogP contribution in [0.4, 0.5) is 0 Å². The lowest BCUT2D eigenvalue weighted by molar-refractivity contribution is -0.169. The van der Waals surface area contributed by atoms with E-state index >= 15 is 0 Å². The average molecular weight is 335 g/mol. The normalized spacial score (nSPS) is 16.0. The molecule has 7 nitrogen and oxygen atoms in total. The molecule has 0 saturated carbocycles. The van der Waals surface area contributed by atoms with Crippen LogP contribution in [0.25, 0.3) is 0 Å². The molecule has 24 heavy (non-hydrogen) atoms. The summed E-state index contributed by atoms with van der Waals surface area (Å²) in [6, 6.07) is 1.81. The van der Waals surface area contributed by atoms with Gasteiger partial charge in [-0.1, -0.05) is 0 Å². The molecule has 1 aromatic rings. The van der Waals surface area contributed by atoms with Crippen LogP contribution in [-0.2, 0) is 14.3 Å². The van der Waals surface area contributed by atoms with Crippen LogP contribution in [0.1, 0.15) is 45.1 Å². The first-order valence-corrected chi connectivity index (χ1v) is 8.15. The summed E-state index contributed by atoms with van der Waals surface area (Å²) in [4.78, 5) is 33.9. The summed E-state index contributed by atoms with van der Waals surface area (Å²) < 4.78 is 11.0. The summed E-state index contributed by atoms with van der Waals surface area (Å²) in [5.74, 6) is 0.622. The predicted octanol–water partition coefficient (Wildman–Crippen LogP) is 1.80. The van der Waals surface area contributed by atoms with E-state index in [9.17, 15) is 9.59 Å². The van der Waals surface area contributed by atoms with Gasteiger partial charge in [0.1, 0.15) is 11.9 Å². The third-order valence-corrected chi connectivity index (χ3v) is 3.87. The van der Waals surface area contributed by atoms with Crippen molar-refractivity contribution in [3.63, 3.8) is 0 Å². The molecule has 2 heterocycles. The number of hydrogen-bond acceptors (Lipinski definition) is 6. The van der Waals surface area contributed by atoms with E-state index < -0.39 is 11.6 Å². The Morgan fingerprint density at radius 1 is 1.21 bits per heavy atom. The topological polar surface area (TPSA) is 81.6 Å². The minimum absolute atomic E-state index is 0.0135. The Labute approximate surface area is 142 Å². The third-order valence-electron chi connectivity index (χ3n) is 3.87.